The molecule has 2 aromatic rings. The van der Waals surface area contributed by atoms with Gasteiger partial charge < -0.3 is 10.6 Å². The number of rotatable bonds is 5. The second kappa shape index (κ2) is 7.09. The van der Waals surface area contributed by atoms with Gasteiger partial charge in [0.05, 0.1) is 5.41 Å². The Morgan fingerprint density at radius 2 is 1.80 bits per heavy atom. The highest BCUT2D eigenvalue weighted by Crippen LogP contribution is 2.44. The summed E-state index contributed by atoms with van der Waals surface area (Å²) in [5.74, 6) is -0.0173. The lowest BCUT2D eigenvalue weighted by molar-refractivity contribution is -0.129. The van der Waals surface area contributed by atoms with Crippen LogP contribution in [0.25, 0.3) is 0 Å². The molecule has 1 aliphatic rings. The molecule has 2 amide bonds. The molecule has 0 unspecified atom stereocenters. The van der Waals surface area contributed by atoms with Gasteiger partial charge in [-0.2, -0.15) is 0 Å². The molecule has 0 saturated heterocycles. The fourth-order valence-electron chi connectivity index (χ4n) is 3.37. The van der Waals surface area contributed by atoms with Crippen LogP contribution in [0, 0.1) is 6.92 Å². The third kappa shape index (κ3) is 3.43. The molecule has 1 aliphatic carbocycles. The third-order valence-electron chi connectivity index (χ3n) is 4.95. The highest BCUT2D eigenvalue weighted by atomic mass is 16.2. The van der Waals surface area contributed by atoms with Crippen molar-refractivity contribution in [3.63, 3.8) is 0 Å². The van der Waals surface area contributed by atoms with Gasteiger partial charge in [-0.1, -0.05) is 36.2 Å². The van der Waals surface area contributed by atoms with Gasteiger partial charge in [-0.05, 0) is 56.5 Å². The van der Waals surface area contributed by atoms with Crippen molar-refractivity contribution in [3.05, 3.63) is 65.2 Å². The van der Waals surface area contributed by atoms with E-state index in [1.165, 1.54) is 0 Å². The van der Waals surface area contributed by atoms with Gasteiger partial charge in [-0.15, -0.1) is 0 Å². The average Bonchev–Trinajstić information content (AvgIpc) is 2.55. The van der Waals surface area contributed by atoms with E-state index in [1.807, 2.05) is 56.3 Å². The quantitative estimate of drug-likeness (QED) is 0.872. The summed E-state index contributed by atoms with van der Waals surface area (Å²) in [4.78, 5) is 24.8. The molecular formula is C21H24N2O2. The summed E-state index contributed by atoms with van der Waals surface area (Å²) in [7, 11) is 0. The van der Waals surface area contributed by atoms with Crippen LogP contribution in [0.4, 0.5) is 5.69 Å². The zero-order valence-corrected chi connectivity index (χ0v) is 14.8. The van der Waals surface area contributed by atoms with Crippen LogP contribution in [-0.2, 0) is 10.2 Å². The Kier molecular flexibility index (Phi) is 4.88. The molecule has 4 nitrogen and oxygen atoms in total. The van der Waals surface area contributed by atoms with Crippen molar-refractivity contribution in [2.45, 2.75) is 38.5 Å². The number of aryl methyl sites for hydroxylation is 1. The van der Waals surface area contributed by atoms with Crippen molar-refractivity contribution < 1.29 is 9.59 Å². The van der Waals surface area contributed by atoms with E-state index >= 15 is 0 Å². The summed E-state index contributed by atoms with van der Waals surface area (Å²) in [6, 6.07) is 15.2. The number of hydrogen-bond acceptors (Lipinski definition) is 2. The zero-order chi connectivity index (χ0) is 17.9. The van der Waals surface area contributed by atoms with E-state index in [2.05, 4.69) is 10.6 Å². The molecule has 0 aliphatic heterocycles. The van der Waals surface area contributed by atoms with Crippen molar-refractivity contribution >= 4 is 17.5 Å². The fourth-order valence-corrected chi connectivity index (χ4v) is 3.37. The number of amides is 2. The predicted octanol–water partition coefficient (Wildman–Crippen LogP) is 3.81. The summed E-state index contributed by atoms with van der Waals surface area (Å²) < 4.78 is 0. The summed E-state index contributed by atoms with van der Waals surface area (Å²) in [5.41, 5.74) is 3.06. The largest absolute Gasteiger partial charge is 0.356 e. The molecule has 0 bridgehead atoms. The first-order valence-corrected chi connectivity index (χ1v) is 8.82. The van der Waals surface area contributed by atoms with Crippen LogP contribution in [0.2, 0.25) is 0 Å². The van der Waals surface area contributed by atoms with E-state index in [0.717, 1.165) is 36.1 Å². The van der Waals surface area contributed by atoms with Crippen molar-refractivity contribution in [1.29, 1.82) is 0 Å². The van der Waals surface area contributed by atoms with E-state index in [1.54, 1.807) is 6.07 Å². The van der Waals surface area contributed by atoms with Crippen molar-refractivity contribution in [2.24, 2.45) is 0 Å². The van der Waals surface area contributed by atoms with Crippen LogP contribution in [0.1, 0.15) is 47.7 Å². The Morgan fingerprint density at radius 3 is 2.36 bits per heavy atom. The molecular weight excluding hydrogens is 312 g/mol. The maximum absolute atomic E-state index is 12.4. The van der Waals surface area contributed by atoms with Gasteiger partial charge in [-0.3, -0.25) is 9.59 Å². The van der Waals surface area contributed by atoms with E-state index in [9.17, 15) is 9.59 Å². The number of hydrogen-bond donors (Lipinski definition) is 2. The Labute approximate surface area is 148 Å². The topological polar surface area (TPSA) is 58.2 Å². The number of carbonyl (C=O) groups is 2. The normalized spacial score (nSPS) is 15.1. The summed E-state index contributed by atoms with van der Waals surface area (Å²) in [6.07, 6.45) is 2.84. The van der Waals surface area contributed by atoms with E-state index in [4.69, 9.17) is 0 Å². The second-order valence-corrected chi connectivity index (χ2v) is 6.70. The van der Waals surface area contributed by atoms with Crippen LogP contribution in [0.3, 0.4) is 0 Å². The minimum absolute atomic E-state index is 0.109. The van der Waals surface area contributed by atoms with E-state index in [0.29, 0.717) is 12.1 Å². The van der Waals surface area contributed by atoms with E-state index in [-0.39, 0.29) is 11.8 Å². The van der Waals surface area contributed by atoms with Gasteiger partial charge in [0.2, 0.25) is 5.91 Å². The molecule has 130 valence electrons. The minimum Gasteiger partial charge on any atom is -0.356 e. The second-order valence-electron chi connectivity index (χ2n) is 6.70. The summed E-state index contributed by atoms with van der Waals surface area (Å²) in [5, 5.41) is 5.87. The minimum atomic E-state index is -0.394. The Balaban J connectivity index is 1.74. The van der Waals surface area contributed by atoms with Crippen LogP contribution >= 0.6 is 0 Å². The van der Waals surface area contributed by atoms with Crippen molar-refractivity contribution in [1.82, 2.24) is 5.32 Å². The van der Waals surface area contributed by atoms with Crippen molar-refractivity contribution in [3.8, 4) is 0 Å². The Morgan fingerprint density at radius 1 is 1.08 bits per heavy atom. The Bertz CT molecular complexity index is 777. The first-order chi connectivity index (χ1) is 12.0. The molecule has 0 spiro atoms. The SMILES string of the molecule is CCNC(=O)C1(c2ccc(NC(=O)c3cccc(C)c3)cc2)CCC1. The van der Waals surface area contributed by atoms with Gasteiger partial charge in [0.1, 0.15) is 0 Å². The number of benzene rings is 2. The predicted molar refractivity (Wildman–Crippen MR) is 99.8 cm³/mol. The molecule has 2 N–H and O–H groups in total. The maximum atomic E-state index is 12.4. The molecule has 3 rings (SSSR count). The lowest BCUT2D eigenvalue weighted by atomic mass is 9.64. The number of anilines is 1. The van der Waals surface area contributed by atoms with Crippen LogP contribution in [-0.4, -0.2) is 18.4 Å². The summed E-state index contributed by atoms with van der Waals surface area (Å²) in [6.45, 7) is 4.55. The lowest BCUT2D eigenvalue weighted by Gasteiger charge is -2.40. The molecule has 0 aromatic heterocycles. The smallest absolute Gasteiger partial charge is 0.255 e. The molecule has 0 heterocycles. The zero-order valence-electron chi connectivity index (χ0n) is 14.8. The number of likely N-dealkylation sites (N-methyl/N-ethyl adjacent to an activating group) is 1. The molecule has 1 saturated carbocycles. The molecule has 0 radical (unpaired) electrons. The van der Waals surface area contributed by atoms with Crippen molar-refractivity contribution in [2.75, 3.05) is 11.9 Å². The molecule has 1 fully saturated rings. The Hall–Kier alpha value is -2.62. The average molecular weight is 336 g/mol. The van der Waals surface area contributed by atoms with Gasteiger partial charge >= 0.3 is 0 Å². The molecule has 2 aromatic carbocycles. The van der Waals surface area contributed by atoms with Gasteiger partial charge in [0.15, 0.2) is 0 Å². The van der Waals surface area contributed by atoms with Gasteiger partial charge in [-0.25, -0.2) is 0 Å². The monoisotopic (exact) mass is 336 g/mol. The van der Waals surface area contributed by atoms with E-state index < -0.39 is 5.41 Å². The van der Waals surface area contributed by atoms with Crippen LogP contribution in [0.15, 0.2) is 48.5 Å². The summed E-state index contributed by atoms with van der Waals surface area (Å²) >= 11 is 0. The highest BCUT2D eigenvalue weighted by Gasteiger charge is 2.45. The lowest BCUT2D eigenvalue weighted by Crippen LogP contribution is -2.49. The first kappa shape index (κ1) is 17.2. The maximum Gasteiger partial charge on any atom is 0.255 e. The van der Waals surface area contributed by atoms with Gasteiger partial charge in [0.25, 0.3) is 5.91 Å². The fraction of sp³-hybridized carbons (Fsp3) is 0.333. The van der Waals surface area contributed by atoms with Gasteiger partial charge in [0, 0.05) is 17.8 Å². The molecule has 0 atom stereocenters. The number of nitrogens with one attached hydrogen (secondary N) is 2. The standard InChI is InChI=1S/C21H24N2O2/c1-3-22-20(25)21(12-5-13-21)17-8-10-18(11-9-17)23-19(24)16-7-4-6-15(2)14-16/h4,6-11,14H,3,5,12-13H2,1-2H3,(H,22,25)(H,23,24). The van der Waals surface area contributed by atoms with Crippen LogP contribution < -0.4 is 10.6 Å². The first-order valence-electron chi connectivity index (χ1n) is 8.82. The van der Waals surface area contributed by atoms with Crippen LogP contribution in [0.5, 0.6) is 0 Å². The number of carbonyl (C=O) groups excluding carboxylic acids is 2. The highest BCUT2D eigenvalue weighted by molar-refractivity contribution is 6.04. The third-order valence-corrected chi connectivity index (χ3v) is 4.95. The molecule has 4 heteroatoms. The molecule has 25 heavy (non-hydrogen) atoms.